The molecule has 0 fully saturated rings. The molecule has 0 saturated heterocycles. The molecule has 0 aromatic heterocycles. The van der Waals surface area contributed by atoms with Gasteiger partial charge in [0.05, 0.1) is 0 Å². The van der Waals surface area contributed by atoms with E-state index in [0.29, 0.717) is 23.6 Å². The Balaban J connectivity index is 1.60. The van der Waals surface area contributed by atoms with Crippen LogP contribution in [0.15, 0.2) is 78.9 Å². The molecule has 24 heavy (non-hydrogen) atoms. The normalized spacial score (nSPS) is 10.2. The Morgan fingerprint density at radius 3 is 2.38 bits per heavy atom. The Morgan fingerprint density at radius 2 is 1.67 bits per heavy atom. The van der Waals surface area contributed by atoms with Gasteiger partial charge in [0.1, 0.15) is 18.2 Å². The Labute approximate surface area is 139 Å². The molecule has 0 aliphatic carbocycles. The lowest BCUT2D eigenvalue weighted by Crippen LogP contribution is -2.11. The summed E-state index contributed by atoms with van der Waals surface area (Å²) in [4.78, 5) is 12.1. The molecule has 0 bridgehead atoms. The largest absolute Gasteiger partial charge is 0.489 e. The first kappa shape index (κ1) is 15.7. The van der Waals surface area contributed by atoms with Crippen molar-refractivity contribution in [3.05, 3.63) is 95.8 Å². The van der Waals surface area contributed by atoms with Crippen LogP contribution in [0.4, 0.5) is 10.1 Å². The molecule has 3 aromatic rings. The van der Waals surface area contributed by atoms with Gasteiger partial charge in [-0.3, -0.25) is 4.79 Å². The first-order valence-electron chi connectivity index (χ1n) is 7.54. The van der Waals surface area contributed by atoms with Crippen LogP contribution in [0.5, 0.6) is 5.75 Å². The number of amides is 1. The number of nitrogens with one attached hydrogen (secondary N) is 1. The summed E-state index contributed by atoms with van der Waals surface area (Å²) in [5.41, 5.74) is 1.97. The summed E-state index contributed by atoms with van der Waals surface area (Å²) < 4.78 is 18.8. The third-order valence-electron chi connectivity index (χ3n) is 3.45. The number of anilines is 1. The number of hydrogen-bond acceptors (Lipinski definition) is 2. The third-order valence-corrected chi connectivity index (χ3v) is 3.45. The summed E-state index contributed by atoms with van der Waals surface area (Å²) in [7, 11) is 0. The molecule has 3 nitrogen and oxygen atoms in total. The van der Waals surface area contributed by atoms with Gasteiger partial charge in [0.15, 0.2) is 0 Å². The van der Waals surface area contributed by atoms with Crippen LogP contribution in [0.3, 0.4) is 0 Å². The van der Waals surface area contributed by atoms with E-state index in [0.717, 1.165) is 5.56 Å². The molecule has 3 rings (SSSR count). The summed E-state index contributed by atoms with van der Waals surface area (Å²) in [6.45, 7) is 0.468. The first-order valence-corrected chi connectivity index (χ1v) is 7.54. The van der Waals surface area contributed by atoms with Crippen molar-refractivity contribution >= 4 is 11.6 Å². The van der Waals surface area contributed by atoms with Gasteiger partial charge in [-0.05, 0) is 48.0 Å². The molecule has 0 spiro atoms. The number of benzene rings is 3. The van der Waals surface area contributed by atoms with E-state index < -0.39 is 5.82 Å². The Hall–Kier alpha value is -3.14. The highest BCUT2D eigenvalue weighted by Gasteiger charge is 2.07. The lowest BCUT2D eigenvalue weighted by atomic mass is 10.2. The summed E-state index contributed by atoms with van der Waals surface area (Å²) in [6, 6.07) is 22.5. The molecular formula is C20H16FNO2. The van der Waals surface area contributed by atoms with Crippen molar-refractivity contribution < 1.29 is 13.9 Å². The van der Waals surface area contributed by atoms with Gasteiger partial charge in [0, 0.05) is 11.3 Å². The van der Waals surface area contributed by atoms with Crippen molar-refractivity contribution in [3.63, 3.8) is 0 Å². The van der Waals surface area contributed by atoms with E-state index >= 15 is 0 Å². The Bertz CT molecular complexity index is 817. The van der Waals surface area contributed by atoms with E-state index in [1.54, 1.807) is 36.4 Å². The minimum absolute atomic E-state index is 0.296. The SMILES string of the molecule is O=C(Nc1cccc(F)c1)c1ccc(OCc2ccccc2)cc1. The summed E-state index contributed by atoms with van der Waals surface area (Å²) in [5.74, 6) is -0.00571. The maximum Gasteiger partial charge on any atom is 0.255 e. The average Bonchev–Trinajstić information content (AvgIpc) is 2.61. The second-order valence-electron chi connectivity index (χ2n) is 5.26. The smallest absolute Gasteiger partial charge is 0.255 e. The van der Waals surface area contributed by atoms with Crippen molar-refractivity contribution in [2.75, 3.05) is 5.32 Å². The highest BCUT2D eigenvalue weighted by Crippen LogP contribution is 2.16. The van der Waals surface area contributed by atoms with E-state index in [9.17, 15) is 9.18 Å². The maximum atomic E-state index is 13.1. The zero-order chi connectivity index (χ0) is 16.8. The Kier molecular flexibility index (Phi) is 4.87. The molecule has 0 aliphatic rings. The molecule has 0 heterocycles. The standard InChI is InChI=1S/C20H16FNO2/c21-17-7-4-8-18(13-17)22-20(23)16-9-11-19(12-10-16)24-14-15-5-2-1-3-6-15/h1-13H,14H2,(H,22,23). The highest BCUT2D eigenvalue weighted by atomic mass is 19.1. The van der Waals surface area contributed by atoms with E-state index in [2.05, 4.69) is 5.32 Å². The third kappa shape index (κ3) is 4.20. The van der Waals surface area contributed by atoms with Crippen LogP contribution in [-0.4, -0.2) is 5.91 Å². The number of hydrogen-bond donors (Lipinski definition) is 1. The van der Waals surface area contributed by atoms with E-state index in [-0.39, 0.29) is 5.91 Å². The molecule has 0 aliphatic heterocycles. The summed E-state index contributed by atoms with van der Waals surface area (Å²) in [5, 5.41) is 2.66. The Morgan fingerprint density at radius 1 is 0.917 bits per heavy atom. The van der Waals surface area contributed by atoms with E-state index in [1.165, 1.54) is 12.1 Å². The molecule has 3 aromatic carbocycles. The number of rotatable bonds is 5. The summed E-state index contributed by atoms with van der Waals surface area (Å²) >= 11 is 0. The number of halogens is 1. The lowest BCUT2D eigenvalue weighted by Gasteiger charge is -2.08. The van der Waals surface area contributed by atoms with Gasteiger partial charge in [-0.15, -0.1) is 0 Å². The molecule has 4 heteroatoms. The van der Waals surface area contributed by atoms with Crippen LogP contribution < -0.4 is 10.1 Å². The van der Waals surface area contributed by atoms with Crippen molar-refractivity contribution in [2.45, 2.75) is 6.61 Å². The van der Waals surface area contributed by atoms with Gasteiger partial charge in [-0.2, -0.15) is 0 Å². The highest BCUT2D eigenvalue weighted by molar-refractivity contribution is 6.04. The predicted octanol–water partition coefficient (Wildman–Crippen LogP) is 4.66. The van der Waals surface area contributed by atoms with Crippen LogP contribution in [0.1, 0.15) is 15.9 Å². The molecule has 120 valence electrons. The maximum absolute atomic E-state index is 13.1. The second-order valence-corrected chi connectivity index (χ2v) is 5.26. The quantitative estimate of drug-likeness (QED) is 0.742. The van der Waals surface area contributed by atoms with Gasteiger partial charge < -0.3 is 10.1 Å². The predicted molar refractivity (Wildman–Crippen MR) is 91.6 cm³/mol. The van der Waals surface area contributed by atoms with Crippen molar-refractivity contribution in [1.82, 2.24) is 0 Å². The fraction of sp³-hybridized carbons (Fsp3) is 0.0500. The molecule has 0 radical (unpaired) electrons. The zero-order valence-electron chi connectivity index (χ0n) is 12.9. The lowest BCUT2D eigenvalue weighted by molar-refractivity contribution is 0.102. The van der Waals surface area contributed by atoms with Crippen molar-refractivity contribution in [3.8, 4) is 5.75 Å². The fourth-order valence-electron chi connectivity index (χ4n) is 2.21. The van der Waals surface area contributed by atoms with Gasteiger partial charge in [0.25, 0.3) is 5.91 Å². The van der Waals surface area contributed by atoms with Gasteiger partial charge >= 0.3 is 0 Å². The molecule has 0 atom stereocenters. The summed E-state index contributed by atoms with van der Waals surface area (Å²) in [6.07, 6.45) is 0. The van der Waals surface area contributed by atoms with E-state index in [1.807, 2.05) is 30.3 Å². The van der Waals surface area contributed by atoms with Crippen LogP contribution in [0, 0.1) is 5.82 Å². The van der Waals surface area contributed by atoms with E-state index in [4.69, 9.17) is 4.74 Å². The molecule has 0 saturated carbocycles. The van der Waals surface area contributed by atoms with Crippen molar-refractivity contribution in [2.24, 2.45) is 0 Å². The monoisotopic (exact) mass is 321 g/mol. The number of carbonyl (C=O) groups excluding carboxylic acids is 1. The minimum Gasteiger partial charge on any atom is -0.489 e. The van der Waals surface area contributed by atoms with Crippen LogP contribution >= 0.6 is 0 Å². The topological polar surface area (TPSA) is 38.3 Å². The second kappa shape index (κ2) is 7.42. The first-order chi connectivity index (χ1) is 11.7. The van der Waals surface area contributed by atoms with Gasteiger partial charge in [0.2, 0.25) is 0 Å². The zero-order valence-corrected chi connectivity index (χ0v) is 12.9. The fourth-order valence-corrected chi connectivity index (χ4v) is 2.21. The van der Waals surface area contributed by atoms with Crippen LogP contribution in [0.25, 0.3) is 0 Å². The minimum atomic E-state index is -0.391. The molecule has 0 unspecified atom stereocenters. The average molecular weight is 321 g/mol. The molecular weight excluding hydrogens is 305 g/mol. The number of ether oxygens (including phenoxy) is 1. The van der Waals surface area contributed by atoms with Gasteiger partial charge in [-0.1, -0.05) is 36.4 Å². The number of carbonyl (C=O) groups is 1. The van der Waals surface area contributed by atoms with Crippen LogP contribution in [0.2, 0.25) is 0 Å². The van der Waals surface area contributed by atoms with Crippen molar-refractivity contribution in [1.29, 1.82) is 0 Å². The van der Waals surface area contributed by atoms with Gasteiger partial charge in [-0.25, -0.2) is 4.39 Å². The molecule has 1 amide bonds. The van der Waals surface area contributed by atoms with Crippen LogP contribution in [-0.2, 0) is 6.61 Å². The molecule has 1 N–H and O–H groups in total.